The van der Waals surface area contributed by atoms with Crippen molar-refractivity contribution in [3.05, 3.63) is 35.1 Å². The fourth-order valence-electron chi connectivity index (χ4n) is 2.72. The van der Waals surface area contributed by atoms with Crippen LogP contribution in [0.2, 0.25) is 0 Å². The molecule has 3 rings (SSSR count). The van der Waals surface area contributed by atoms with Gasteiger partial charge >= 0.3 is 5.97 Å². The SMILES string of the molecule is O=C(O)C1(C(=O)NC2CCc3c(F)cccc32)CC1. The minimum absolute atomic E-state index is 0.256. The molecule has 1 atom stereocenters. The molecule has 1 unspecified atom stereocenters. The van der Waals surface area contributed by atoms with Crippen LogP contribution in [0.25, 0.3) is 0 Å². The predicted molar refractivity (Wildman–Crippen MR) is 64.9 cm³/mol. The number of amides is 1. The molecule has 0 heterocycles. The lowest BCUT2D eigenvalue weighted by atomic mass is 10.0. The molecule has 0 aromatic heterocycles. The molecule has 1 amide bonds. The maximum Gasteiger partial charge on any atom is 0.319 e. The van der Waals surface area contributed by atoms with Gasteiger partial charge in [0.15, 0.2) is 0 Å². The van der Waals surface area contributed by atoms with Gasteiger partial charge in [0.25, 0.3) is 0 Å². The van der Waals surface area contributed by atoms with Gasteiger partial charge in [-0.15, -0.1) is 0 Å². The Morgan fingerprint density at radius 1 is 1.37 bits per heavy atom. The average Bonchev–Trinajstić information content (AvgIpc) is 3.09. The summed E-state index contributed by atoms with van der Waals surface area (Å²) >= 11 is 0. The highest BCUT2D eigenvalue weighted by atomic mass is 19.1. The number of hydrogen-bond donors (Lipinski definition) is 2. The molecule has 0 radical (unpaired) electrons. The Morgan fingerprint density at radius 2 is 2.11 bits per heavy atom. The number of fused-ring (bicyclic) bond motifs is 1. The average molecular weight is 263 g/mol. The van der Waals surface area contributed by atoms with Crippen LogP contribution in [0.15, 0.2) is 18.2 Å². The van der Waals surface area contributed by atoms with Gasteiger partial charge in [0.05, 0.1) is 6.04 Å². The molecule has 0 bridgehead atoms. The number of carboxylic acids is 1. The van der Waals surface area contributed by atoms with E-state index in [-0.39, 0.29) is 11.9 Å². The van der Waals surface area contributed by atoms with Crippen molar-refractivity contribution in [1.29, 1.82) is 0 Å². The van der Waals surface area contributed by atoms with Gasteiger partial charge in [-0.25, -0.2) is 4.39 Å². The number of carboxylic acid groups (broad SMARTS) is 1. The largest absolute Gasteiger partial charge is 0.480 e. The van der Waals surface area contributed by atoms with Gasteiger partial charge in [-0.2, -0.15) is 0 Å². The standard InChI is InChI=1S/C14H14FNO3/c15-10-3-1-2-9-8(10)4-5-11(9)16-12(17)14(6-7-14)13(18)19/h1-3,11H,4-7H2,(H,16,17)(H,18,19). The molecule has 2 aliphatic rings. The molecule has 19 heavy (non-hydrogen) atoms. The first kappa shape index (κ1) is 12.1. The summed E-state index contributed by atoms with van der Waals surface area (Å²) in [5.41, 5.74) is 0.165. The number of nitrogens with one attached hydrogen (secondary N) is 1. The molecule has 4 nitrogen and oxygen atoms in total. The molecule has 1 aromatic carbocycles. The van der Waals surface area contributed by atoms with Gasteiger partial charge < -0.3 is 10.4 Å². The van der Waals surface area contributed by atoms with E-state index in [0.717, 1.165) is 5.56 Å². The van der Waals surface area contributed by atoms with Crippen molar-refractivity contribution in [1.82, 2.24) is 5.32 Å². The molecule has 2 N–H and O–H groups in total. The van der Waals surface area contributed by atoms with Crippen molar-refractivity contribution in [3.8, 4) is 0 Å². The smallest absolute Gasteiger partial charge is 0.319 e. The Labute approximate surface area is 109 Å². The van der Waals surface area contributed by atoms with Crippen LogP contribution in [0.3, 0.4) is 0 Å². The van der Waals surface area contributed by atoms with Crippen molar-refractivity contribution in [2.45, 2.75) is 31.7 Å². The van der Waals surface area contributed by atoms with Crippen LogP contribution < -0.4 is 5.32 Å². The Balaban J connectivity index is 1.79. The number of carbonyl (C=O) groups is 2. The number of aliphatic carboxylic acids is 1. The van der Waals surface area contributed by atoms with Gasteiger partial charge in [-0.1, -0.05) is 12.1 Å². The van der Waals surface area contributed by atoms with E-state index in [1.165, 1.54) is 6.07 Å². The summed E-state index contributed by atoms with van der Waals surface area (Å²) in [6.07, 6.45) is 1.97. The summed E-state index contributed by atoms with van der Waals surface area (Å²) in [5.74, 6) is -1.77. The van der Waals surface area contributed by atoms with E-state index in [0.29, 0.717) is 31.2 Å². The third-order valence-electron chi connectivity index (χ3n) is 4.11. The monoisotopic (exact) mass is 263 g/mol. The van der Waals surface area contributed by atoms with Gasteiger partial charge in [0, 0.05) is 0 Å². The third-order valence-corrected chi connectivity index (χ3v) is 4.11. The zero-order chi connectivity index (χ0) is 13.6. The second-order valence-corrected chi connectivity index (χ2v) is 5.26. The first-order chi connectivity index (χ1) is 9.04. The molecular weight excluding hydrogens is 249 g/mol. The minimum Gasteiger partial charge on any atom is -0.480 e. The van der Waals surface area contributed by atoms with Crippen molar-refractivity contribution in [2.75, 3.05) is 0 Å². The van der Waals surface area contributed by atoms with Crippen molar-refractivity contribution >= 4 is 11.9 Å². The zero-order valence-corrected chi connectivity index (χ0v) is 10.3. The van der Waals surface area contributed by atoms with E-state index < -0.39 is 17.3 Å². The summed E-state index contributed by atoms with van der Waals surface area (Å²) in [4.78, 5) is 23.1. The first-order valence-corrected chi connectivity index (χ1v) is 6.36. The second kappa shape index (κ2) is 4.05. The van der Waals surface area contributed by atoms with E-state index in [9.17, 15) is 14.0 Å². The lowest BCUT2D eigenvalue weighted by molar-refractivity contribution is -0.149. The molecule has 5 heteroatoms. The number of carbonyl (C=O) groups excluding carboxylic acids is 1. The molecule has 100 valence electrons. The summed E-state index contributed by atoms with van der Waals surface area (Å²) in [6.45, 7) is 0. The quantitative estimate of drug-likeness (QED) is 0.817. The van der Waals surface area contributed by atoms with E-state index in [2.05, 4.69) is 5.32 Å². The first-order valence-electron chi connectivity index (χ1n) is 6.36. The molecule has 1 saturated carbocycles. The predicted octanol–water partition coefficient (Wildman–Crippen LogP) is 1.79. The van der Waals surface area contributed by atoms with Gasteiger partial charge in [0.2, 0.25) is 5.91 Å². The van der Waals surface area contributed by atoms with Crippen LogP contribution in [0.1, 0.15) is 36.4 Å². The Hall–Kier alpha value is -1.91. The highest BCUT2D eigenvalue weighted by Crippen LogP contribution is 2.47. The second-order valence-electron chi connectivity index (χ2n) is 5.26. The van der Waals surface area contributed by atoms with Crippen molar-refractivity contribution in [3.63, 3.8) is 0 Å². The highest BCUT2D eigenvalue weighted by Gasteiger charge is 2.57. The fraction of sp³-hybridized carbons (Fsp3) is 0.429. The summed E-state index contributed by atoms with van der Waals surface area (Å²) in [6, 6.07) is 4.54. The van der Waals surface area contributed by atoms with E-state index in [1.807, 2.05) is 0 Å². The number of rotatable bonds is 3. The van der Waals surface area contributed by atoms with Crippen molar-refractivity contribution < 1.29 is 19.1 Å². The zero-order valence-electron chi connectivity index (χ0n) is 10.3. The van der Waals surface area contributed by atoms with E-state index in [4.69, 9.17) is 5.11 Å². The van der Waals surface area contributed by atoms with Crippen LogP contribution >= 0.6 is 0 Å². The molecule has 0 spiro atoms. The summed E-state index contributed by atoms with van der Waals surface area (Å²) in [5, 5.41) is 11.8. The number of halogens is 1. The third kappa shape index (κ3) is 1.80. The van der Waals surface area contributed by atoms with Gasteiger partial charge in [0.1, 0.15) is 11.2 Å². The Morgan fingerprint density at radius 3 is 2.74 bits per heavy atom. The van der Waals surface area contributed by atoms with Gasteiger partial charge in [-0.05, 0) is 42.9 Å². The topological polar surface area (TPSA) is 66.4 Å². The summed E-state index contributed by atoms with van der Waals surface area (Å²) in [7, 11) is 0. The van der Waals surface area contributed by atoms with Crippen LogP contribution in [0.5, 0.6) is 0 Å². The normalized spacial score (nSPS) is 22.7. The molecule has 2 aliphatic carbocycles. The summed E-state index contributed by atoms with van der Waals surface area (Å²) < 4.78 is 13.6. The van der Waals surface area contributed by atoms with Crippen LogP contribution in [0, 0.1) is 11.2 Å². The van der Waals surface area contributed by atoms with E-state index >= 15 is 0 Å². The molecule has 0 aliphatic heterocycles. The van der Waals surface area contributed by atoms with Gasteiger partial charge in [-0.3, -0.25) is 9.59 Å². The Kier molecular flexibility index (Phi) is 2.59. The number of benzene rings is 1. The number of hydrogen-bond acceptors (Lipinski definition) is 2. The minimum atomic E-state index is -1.24. The van der Waals surface area contributed by atoms with Crippen LogP contribution in [-0.2, 0) is 16.0 Å². The van der Waals surface area contributed by atoms with Crippen LogP contribution in [-0.4, -0.2) is 17.0 Å². The molecule has 0 saturated heterocycles. The molecule has 1 aromatic rings. The van der Waals surface area contributed by atoms with Crippen LogP contribution in [0.4, 0.5) is 4.39 Å². The maximum atomic E-state index is 13.6. The highest BCUT2D eigenvalue weighted by molar-refractivity contribution is 6.05. The molecular formula is C14H14FNO3. The van der Waals surface area contributed by atoms with Crippen molar-refractivity contribution in [2.24, 2.45) is 5.41 Å². The van der Waals surface area contributed by atoms with E-state index in [1.54, 1.807) is 12.1 Å². The lowest BCUT2D eigenvalue weighted by Gasteiger charge is -2.17. The maximum absolute atomic E-state index is 13.6. The fourth-order valence-corrected chi connectivity index (χ4v) is 2.72. The Bertz CT molecular complexity index is 566. The lowest BCUT2D eigenvalue weighted by Crippen LogP contribution is -2.38. The molecule has 1 fully saturated rings.